The predicted octanol–water partition coefficient (Wildman–Crippen LogP) is 1.47. The highest BCUT2D eigenvalue weighted by Crippen LogP contribution is 2.23. The van der Waals surface area contributed by atoms with Gasteiger partial charge >= 0.3 is 5.97 Å². The van der Waals surface area contributed by atoms with Crippen LogP contribution in [0.25, 0.3) is 0 Å². The summed E-state index contributed by atoms with van der Waals surface area (Å²) in [5, 5.41) is 8.85. The molecule has 1 unspecified atom stereocenters. The third kappa shape index (κ3) is 2.50. The molecule has 0 spiro atoms. The number of aromatic nitrogens is 1. The minimum Gasteiger partial charge on any atom is -0.481 e. The number of amides is 1. The number of aryl methyl sites for hydroxylation is 1. The molecule has 96 valence electrons. The van der Waals surface area contributed by atoms with Gasteiger partial charge in [-0.2, -0.15) is 0 Å². The summed E-state index contributed by atoms with van der Waals surface area (Å²) in [6, 6.07) is 3.28. The summed E-state index contributed by atoms with van der Waals surface area (Å²) in [5.74, 6) is -0.966. The van der Waals surface area contributed by atoms with E-state index in [0.717, 1.165) is 12.8 Å². The van der Waals surface area contributed by atoms with Crippen LogP contribution >= 0.6 is 0 Å². The van der Waals surface area contributed by atoms with Crippen molar-refractivity contribution in [1.29, 1.82) is 0 Å². The molecule has 5 heteroatoms. The van der Waals surface area contributed by atoms with Crippen LogP contribution in [-0.2, 0) is 4.79 Å². The maximum atomic E-state index is 12.4. The number of pyridine rings is 1. The van der Waals surface area contributed by atoms with Crippen molar-refractivity contribution < 1.29 is 14.7 Å². The minimum absolute atomic E-state index is 0.0189. The van der Waals surface area contributed by atoms with Gasteiger partial charge < -0.3 is 10.0 Å². The van der Waals surface area contributed by atoms with E-state index in [2.05, 4.69) is 4.98 Å². The number of hydrogen-bond donors (Lipinski definition) is 1. The zero-order chi connectivity index (χ0) is 13.1. The first-order chi connectivity index (χ1) is 8.59. The average molecular weight is 248 g/mol. The molecule has 0 aliphatic carbocycles. The van der Waals surface area contributed by atoms with Gasteiger partial charge in [0.1, 0.15) is 0 Å². The van der Waals surface area contributed by atoms with Crippen molar-refractivity contribution in [3.63, 3.8) is 0 Å². The Balaban J connectivity index is 2.18. The fourth-order valence-electron chi connectivity index (χ4n) is 2.38. The zero-order valence-corrected chi connectivity index (χ0v) is 10.3. The molecular formula is C13H16N2O3. The summed E-state index contributed by atoms with van der Waals surface area (Å²) < 4.78 is 0. The Morgan fingerprint density at radius 3 is 3.00 bits per heavy atom. The maximum Gasteiger partial charge on any atom is 0.305 e. The topological polar surface area (TPSA) is 70.5 Å². The Morgan fingerprint density at radius 2 is 2.33 bits per heavy atom. The molecule has 1 atom stereocenters. The Hall–Kier alpha value is -1.91. The van der Waals surface area contributed by atoms with Crippen molar-refractivity contribution in [2.24, 2.45) is 0 Å². The molecule has 1 aliphatic rings. The van der Waals surface area contributed by atoms with Crippen molar-refractivity contribution >= 4 is 11.9 Å². The summed E-state index contributed by atoms with van der Waals surface area (Å²) in [4.78, 5) is 28.9. The van der Waals surface area contributed by atoms with Crippen LogP contribution in [0.15, 0.2) is 18.3 Å². The van der Waals surface area contributed by atoms with Gasteiger partial charge in [-0.25, -0.2) is 0 Å². The molecule has 0 bridgehead atoms. The van der Waals surface area contributed by atoms with Crippen LogP contribution in [0.2, 0.25) is 0 Å². The van der Waals surface area contributed by atoms with E-state index < -0.39 is 5.97 Å². The zero-order valence-electron chi connectivity index (χ0n) is 10.3. The molecule has 2 heterocycles. The van der Waals surface area contributed by atoms with E-state index in [-0.39, 0.29) is 18.4 Å². The molecule has 1 aromatic heterocycles. The third-order valence-corrected chi connectivity index (χ3v) is 3.29. The lowest BCUT2D eigenvalue weighted by molar-refractivity contribution is -0.137. The number of aliphatic carboxylic acids is 1. The molecule has 0 aromatic carbocycles. The summed E-state index contributed by atoms with van der Waals surface area (Å²) in [6.07, 6.45) is 3.29. The lowest BCUT2D eigenvalue weighted by Gasteiger charge is -2.24. The van der Waals surface area contributed by atoms with Crippen LogP contribution in [0.3, 0.4) is 0 Å². The molecule has 1 aliphatic heterocycles. The average Bonchev–Trinajstić information content (AvgIpc) is 2.76. The molecule has 2 rings (SSSR count). The monoisotopic (exact) mass is 248 g/mol. The number of rotatable bonds is 3. The Labute approximate surface area is 105 Å². The maximum absolute atomic E-state index is 12.4. The molecule has 18 heavy (non-hydrogen) atoms. The fourth-order valence-corrected chi connectivity index (χ4v) is 2.38. The van der Waals surface area contributed by atoms with Crippen LogP contribution < -0.4 is 0 Å². The summed E-state index contributed by atoms with van der Waals surface area (Å²) >= 11 is 0. The van der Waals surface area contributed by atoms with Gasteiger partial charge in [0.2, 0.25) is 0 Å². The van der Waals surface area contributed by atoms with Gasteiger partial charge in [0.25, 0.3) is 5.91 Å². The van der Waals surface area contributed by atoms with Gasteiger partial charge in [-0.1, -0.05) is 0 Å². The lowest BCUT2D eigenvalue weighted by atomic mass is 10.1. The van der Waals surface area contributed by atoms with Gasteiger partial charge in [-0.3, -0.25) is 14.6 Å². The van der Waals surface area contributed by atoms with E-state index in [1.54, 1.807) is 30.2 Å². The predicted molar refractivity (Wildman–Crippen MR) is 65.3 cm³/mol. The molecular weight excluding hydrogens is 232 g/mol. The molecule has 1 fully saturated rings. The molecule has 1 aromatic rings. The highest BCUT2D eigenvalue weighted by Gasteiger charge is 2.31. The van der Waals surface area contributed by atoms with Crippen molar-refractivity contribution in [3.8, 4) is 0 Å². The number of carbonyl (C=O) groups is 2. The standard InChI is InChI=1S/C13H16N2O3/c1-9-11(5-2-6-14-9)13(18)15-7-3-4-10(15)8-12(16)17/h2,5-6,10H,3-4,7-8H2,1H3,(H,16,17). The summed E-state index contributed by atoms with van der Waals surface area (Å²) in [5.41, 5.74) is 1.25. The summed E-state index contributed by atoms with van der Waals surface area (Å²) in [7, 11) is 0. The number of likely N-dealkylation sites (tertiary alicyclic amines) is 1. The Kier molecular flexibility index (Phi) is 3.60. The van der Waals surface area contributed by atoms with Crippen LogP contribution in [0.4, 0.5) is 0 Å². The van der Waals surface area contributed by atoms with E-state index >= 15 is 0 Å². The van der Waals surface area contributed by atoms with Crippen LogP contribution in [0, 0.1) is 6.92 Å². The van der Waals surface area contributed by atoms with E-state index in [0.29, 0.717) is 17.8 Å². The summed E-state index contributed by atoms with van der Waals surface area (Å²) in [6.45, 7) is 2.42. The van der Waals surface area contributed by atoms with Gasteiger partial charge in [-0.05, 0) is 31.9 Å². The van der Waals surface area contributed by atoms with E-state index in [4.69, 9.17) is 5.11 Å². The number of hydrogen-bond acceptors (Lipinski definition) is 3. The largest absolute Gasteiger partial charge is 0.481 e. The van der Waals surface area contributed by atoms with E-state index in [1.807, 2.05) is 0 Å². The van der Waals surface area contributed by atoms with Crippen LogP contribution in [-0.4, -0.2) is 39.5 Å². The Morgan fingerprint density at radius 1 is 1.56 bits per heavy atom. The van der Waals surface area contributed by atoms with Crippen molar-refractivity contribution in [2.75, 3.05) is 6.54 Å². The second kappa shape index (κ2) is 5.16. The molecule has 0 radical (unpaired) electrons. The normalized spacial score (nSPS) is 18.9. The van der Waals surface area contributed by atoms with Gasteiger partial charge in [-0.15, -0.1) is 0 Å². The van der Waals surface area contributed by atoms with E-state index in [1.165, 1.54) is 0 Å². The van der Waals surface area contributed by atoms with Crippen molar-refractivity contribution in [2.45, 2.75) is 32.2 Å². The second-order valence-corrected chi connectivity index (χ2v) is 4.53. The molecule has 1 amide bonds. The highest BCUT2D eigenvalue weighted by atomic mass is 16.4. The van der Waals surface area contributed by atoms with Crippen molar-refractivity contribution in [1.82, 2.24) is 9.88 Å². The third-order valence-electron chi connectivity index (χ3n) is 3.29. The fraction of sp³-hybridized carbons (Fsp3) is 0.462. The van der Waals surface area contributed by atoms with Gasteiger partial charge in [0.05, 0.1) is 12.0 Å². The van der Waals surface area contributed by atoms with E-state index in [9.17, 15) is 9.59 Å². The molecule has 1 N–H and O–H groups in total. The molecule has 5 nitrogen and oxygen atoms in total. The van der Waals surface area contributed by atoms with Crippen LogP contribution in [0.1, 0.15) is 35.3 Å². The van der Waals surface area contributed by atoms with Gasteiger partial charge in [0, 0.05) is 24.5 Å². The van der Waals surface area contributed by atoms with Gasteiger partial charge in [0.15, 0.2) is 0 Å². The quantitative estimate of drug-likeness (QED) is 0.879. The van der Waals surface area contributed by atoms with Crippen molar-refractivity contribution in [3.05, 3.63) is 29.6 Å². The smallest absolute Gasteiger partial charge is 0.305 e. The first-order valence-electron chi connectivity index (χ1n) is 6.04. The molecule has 0 saturated carbocycles. The number of carbonyl (C=O) groups excluding carboxylic acids is 1. The number of nitrogens with zero attached hydrogens (tertiary/aromatic N) is 2. The number of carboxylic acid groups (broad SMARTS) is 1. The first-order valence-corrected chi connectivity index (χ1v) is 6.04. The highest BCUT2D eigenvalue weighted by molar-refractivity contribution is 5.95. The Bertz CT molecular complexity index is 473. The number of carboxylic acids is 1. The SMILES string of the molecule is Cc1ncccc1C(=O)N1CCCC1CC(=O)O. The second-order valence-electron chi connectivity index (χ2n) is 4.53. The van der Waals surface area contributed by atoms with Crippen LogP contribution in [0.5, 0.6) is 0 Å². The lowest BCUT2D eigenvalue weighted by Crippen LogP contribution is -2.37. The molecule has 1 saturated heterocycles. The first kappa shape index (κ1) is 12.5. The minimum atomic E-state index is -0.859.